The first kappa shape index (κ1) is 9.02. The van der Waals surface area contributed by atoms with Crippen molar-refractivity contribution in [1.29, 1.82) is 0 Å². The number of rotatable bonds is 3. The Morgan fingerprint density at radius 2 is 2.00 bits per heavy atom. The average molecular weight is 187 g/mol. The zero-order valence-electron chi connectivity index (χ0n) is 6.48. The lowest BCUT2D eigenvalue weighted by Gasteiger charge is -2.02. The summed E-state index contributed by atoms with van der Waals surface area (Å²) in [5.74, 6) is 0.170. The van der Waals surface area contributed by atoms with Crippen molar-refractivity contribution in [3.63, 3.8) is 0 Å². The largest absolute Gasteiger partial charge is 0.508 e. The van der Waals surface area contributed by atoms with Gasteiger partial charge in [-0.25, -0.2) is 4.21 Å². The molecule has 0 aliphatic rings. The van der Waals surface area contributed by atoms with Crippen LogP contribution in [-0.2, 0) is 15.4 Å². The number of phenols is 1. The van der Waals surface area contributed by atoms with Gasteiger partial charge >= 0.3 is 0 Å². The Morgan fingerprint density at radius 3 is 2.50 bits per heavy atom. The molecule has 0 aromatic heterocycles. The van der Waals surface area contributed by atoms with Crippen LogP contribution in [0.4, 0.5) is 5.69 Å². The van der Waals surface area contributed by atoms with Gasteiger partial charge in [0.25, 0.3) is 11.3 Å². The maximum absolute atomic E-state index is 10.8. The van der Waals surface area contributed by atoms with Crippen LogP contribution in [0, 0.1) is 0 Å². The van der Waals surface area contributed by atoms with Crippen molar-refractivity contribution in [2.75, 3.05) is 11.8 Å². The molecular formula is C7H9NO3S. The maximum Gasteiger partial charge on any atom is 0.261 e. The van der Waals surface area contributed by atoms with Crippen LogP contribution in [0.25, 0.3) is 0 Å². The van der Waals surface area contributed by atoms with Gasteiger partial charge in [-0.3, -0.25) is 8.91 Å². The van der Waals surface area contributed by atoms with Crippen molar-refractivity contribution < 1.29 is 13.5 Å². The maximum atomic E-state index is 10.8. The Morgan fingerprint density at radius 1 is 1.42 bits per heavy atom. The van der Waals surface area contributed by atoms with Gasteiger partial charge in [0, 0.05) is 5.69 Å². The molecule has 1 atom stereocenters. The second kappa shape index (κ2) is 4.08. The predicted octanol–water partition coefficient (Wildman–Crippen LogP) is 1.03. The van der Waals surface area contributed by atoms with Crippen molar-refractivity contribution in [2.45, 2.75) is 0 Å². The lowest BCUT2D eigenvalue weighted by atomic mass is 10.3. The lowest BCUT2D eigenvalue weighted by molar-refractivity contribution is 0.449. The van der Waals surface area contributed by atoms with Crippen LogP contribution in [0.2, 0.25) is 0 Å². The van der Waals surface area contributed by atoms with Crippen LogP contribution < -0.4 is 4.72 Å². The first-order valence-corrected chi connectivity index (χ1v) is 4.32. The summed E-state index contributed by atoms with van der Waals surface area (Å²) >= 11 is -1.52. The quantitative estimate of drug-likeness (QED) is 0.695. The zero-order chi connectivity index (χ0) is 8.97. The van der Waals surface area contributed by atoms with Gasteiger partial charge in [0.2, 0.25) is 0 Å². The number of nitrogens with one attached hydrogen (secondary N) is 1. The lowest BCUT2D eigenvalue weighted by Crippen LogP contribution is -2.04. The van der Waals surface area contributed by atoms with Crippen molar-refractivity contribution >= 4 is 17.0 Å². The summed E-state index contributed by atoms with van der Waals surface area (Å²) in [7, 11) is 1.34. The summed E-state index contributed by atoms with van der Waals surface area (Å²) in [6.45, 7) is 0. The molecule has 2 N–H and O–H groups in total. The van der Waals surface area contributed by atoms with Gasteiger partial charge in [-0.2, -0.15) is 0 Å². The molecule has 1 aromatic rings. The van der Waals surface area contributed by atoms with Crippen molar-refractivity contribution in [3.8, 4) is 5.75 Å². The molecule has 0 aliphatic heterocycles. The van der Waals surface area contributed by atoms with Crippen molar-refractivity contribution in [3.05, 3.63) is 24.3 Å². The minimum atomic E-state index is -1.52. The highest BCUT2D eigenvalue weighted by molar-refractivity contribution is 7.81. The van der Waals surface area contributed by atoms with Gasteiger partial charge in [-0.15, -0.1) is 0 Å². The van der Waals surface area contributed by atoms with Crippen LogP contribution in [0.5, 0.6) is 5.75 Å². The van der Waals surface area contributed by atoms with Crippen molar-refractivity contribution in [2.24, 2.45) is 0 Å². The summed E-state index contributed by atoms with van der Waals surface area (Å²) in [6, 6.07) is 6.20. The van der Waals surface area contributed by atoms with Gasteiger partial charge < -0.3 is 5.11 Å². The monoisotopic (exact) mass is 187 g/mol. The van der Waals surface area contributed by atoms with Crippen molar-refractivity contribution in [1.82, 2.24) is 0 Å². The second-order valence-electron chi connectivity index (χ2n) is 2.05. The van der Waals surface area contributed by atoms with E-state index in [0.717, 1.165) is 0 Å². The number of anilines is 1. The highest BCUT2D eigenvalue weighted by Crippen LogP contribution is 2.13. The second-order valence-corrected chi connectivity index (χ2v) is 3.06. The predicted molar refractivity (Wildman–Crippen MR) is 46.9 cm³/mol. The van der Waals surface area contributed by atoms with Gasteiger partial charge in [0.15, 0.2) is 0 Å². The molecule has 66 valence electrons. The fourth-order valence-corrected chi connectivity index (χ4v) is 1.08. The topological polar surface area (TPSA) is 58.6 Å². The van der Waals surface area contributed by atoms with Gasteiger partial charge in [-0.1, -0.05) is 0 Å². The zero-order valence-corrected chi connectivity index (χ0v) is 7.30. The fourth-order valence-electron chi connectivity index (χ4n) is 0.667. The number of phenolic OH excluding ortho intramolecular Hbond substituents is 1. The van der Waals surface area contributed by atoms with Crippen LogP contribution in [0.1, 0.15) is 0 Å². The summed E-state index contributed by atoms with van der Waals surface area (Å²) < 4.78 is 17.8. The molecule has 1 rings (SSSR count). The molecule has 1 unspecified atom stereocenters. The molecule has 12 heavy (non-hydrogen) atoms. The molecule has 0 saturated carbocycles. The van der Waals surface area contributed by atoms with Crippen LogP contribution >= 0.6 is 0 Å². The molecule has 1 aromatic carbocycles. The Bertz CT molecular complexity index is 272. The van der Waals surface area contributed by atoms with E-state index >= 15 is 0 Å². The van der Waals surface area contributed by atoms with Gasteiger partial charge in [0.05, 0.1) is 7.11 Å². The average Bonchev–Trinajstić information content (AvgIpc) is 2.09. The molecule has 0 aliphatic carbocycles. The summed E-state index contributed by atoms with van der Waals surface area (Å²) in [5.41, 5.74) is 0.632. The van der Waals surface area contributed by atoms with E-state index in [4.69, 9.17) is 5.11 Å². The SMILES string of the molecule is COS(=O)Nc1ccc(O)cc1. The first-order valence-electron chi connectivity index (χ1n) is 3.24. The van der Waals surface area contributed by atoms with E-state index < -0.39 is 11.3 Å². The molecular weight excluding hydrogens is 178 g/mol. The van der Waals surface area contributed by atoms with E-state index in [0.29, 0.717) is 5.69 Å². The third kappa shape index (κ3) is 2.52. The molecule has 0 spiro atoms. The number of aromatic hydroxyl groups is 1. The van der Waals surface area contributed by atoms with Crippen LogP contribution in [-0.4, -0.2) is 16.4 Å². The van der Waals surface area contributed by atoms with E-state index in [9.17, 15) is 4.21 Å². The Balaban J connectivity index is 2.64. The highest BCUT2D eigenvalue weighted by Gasteiger charge is 1.96. The Kier molecular flexibility index (Phi) is 3.07. The number of benzene rings is 1. The molecule has 0 saturated heterocycles. The molecule has 0 amide bonds. The molecule has 0 fully saturated rings. The molecule has 0 heterocycles. The number of hydrogen-bond acceptors (Lipinski definition) is 3. The van der Waals surface area contributed by atoms with E-state index in [1.165, 1.54) is 19.2 Å². The van der Waals surface area contributed by atoms with E-state index in [1.54, 1.807) is 12.1 Å². The van der Waals surface area contributed by atoms with Crippen LogP contribution in [0.15, 0.2) is 24.3 Å². The van der Waals surface area contributed by atoms with E-state index in [1.807, 2.05) is 0 Å². The summed E-state index contributed by atoms with van der Waals surface area (Å²) in [5, 5.41) is 8.91. The molecule has 0 bridgehead atoms. The van der Waals surface area contributed by atoms with Gasteiger partial charge in [-0.05, 0) is 24.3 Å². The highest BCUT2D eigenvalue weighted by atomic mass is 32.2. The van der Waals surface area contributed by atoms with E-state index in [-0.39, 0.29) is 5.75 Å². The smallest absolute Gasteiger partial charge is 0.261 e. The third-order valence-electron chi connectivity index (χ3n) is 1.22. The van der Waals surface area contributed by atoms with Gasteiger partial charge in [0.1, 0.15) is 5.75 Å². The third-order valence-corrected chi connectivity index (χ3v) is 1.92. The Hall–Kier alpha value is -1.07. The van der Waals surface area contributed by atoms with E-state index in [2.05, 4.69) is 8.91 Å². The summed E-state index contributed by atoms with van der Waals surface area (Å²) in [4.78, 5) is 0. The summed E-state index contributed by atoms with van der Waals surface area (Å²) in [6.07, 6.45) is 0. The molecule has 0 radical (unpaired) electrons. The number of hydrogen-bond donors (Lipinski definition) is 2. The minimum absolute atomic E-state index is 0.170. The molecule has 5 heteroatoms. The van der Waals surface area contributed by atoms with Crippen LogP contribution in [0.3, 0.4) is 0 Å². The molecule has 4 nitrogen and oxygen atoms in total. The fraction of sp³-hybridized carbons (Fsp3) is 0.143. The first-order chi connectivity index (χ1) is 5.72. The Labute approximate surface area is 73.0 Å². The minimum Gasteiger partial charge on any atom is -0.508 e. The standard InChI is InChI=1S/C7H9NO3S/c1-11-12(10)8-6-2-4-7(9)5-3-6/h2-5,8-9H,1H3. The normalized spacial score (nSPS) is 12.4.